The van der Waals surface area contributed by atoms with E-state index in [1.165, 1.54) is 0 Å². The molecule has 5 N–H and O–H groups in total. The van der Waals surface area contributed by atoms with E-state index < -0.39 is 11.9 Å². The van der Waals surface area contributed by atoms with Crippen molar-refractivity contribution in [1.29, 1.82) is 0 Å². The SMILES string of the molecule is CCNc1nc(NC(C)C(N)=O)c2cn[nH]c2n1. The van der Waals surface area contributed by atoms with Crippen LogP contribution in [0, 0.1) is 0 Å². The summed E-state index contributed by atoms with van der Waals surface area (Å²) in [6.45, 7) is 4.31. The van der Waals surface area contributed by atoms with E-state index in [1.54, 1.807) is 13.1 Å². The van der Waals surface area contributed by atoms with Crippen molar-refractivity contribution in [1.82, 2.24) is 20.2 Å². The Morgan fingerprint density at radius 3 is 3.00 bits per heavy atom. The molecule has 0 aliphatic heterocycles. The second-order valence-electron chi connectivity index (χ2n) is 3.83. The van der Waals surface area contributed by atoms with Crippen molar-refractivity contribution < 1.29 is 4.79 Å². The summed E-state index contributed by atoms with van der Waals surface area (Å²) in [4.78, 5) is 19.6. The highest BCUT2D eigenvalue weighted by atomic mass is 16.1. The molecule has 18 heavy (non-hydrogen) atoms. The van der Waals surface area contributed by atoms with Crippen molar-refractivity contribution in [2.75, 3.05) is 17.2 Å². The number of nitrogens with zero attached hydrogens (tertiary/aromatic N) is 3. The van der Waals surface area contributed by atoms with Gasteiger partial charge in [0.2, 0.25) is 11.9 Å². The first-order valence-electron chi connectivity index (χ1n) is 5.62. The van der Waals surface area contributed by atoms with Gasteiger partial charge in [0.1, 0.15) is 11.9 Å². The molecule has 0 aromatic carbocycles. The Kier molecular flexibility index (Phi) is 3.26. The fourth-order valence-electron chi connectivity index (χ4n) is 1.46. The van der Waals surface area contributed by atoms with Gasteiger partial charge in [0.25, 0.3) is 0 Å². The molecule has 2 rings (SSSR count). The molecule has 0 saturated carbocycles. The van der Waals surface area contributed by atoms with Crippen LogP contribution in [0.2, 0.25) is 0 Å². The van der Waals surface area contributed by atoms with Crippen LogP contribution in [0.1, 0.15) is 13.8 Å². The summed E-state index contributed by atoms with van der Waals surface area (Å²) in [5.41, 5.74) is 5.81. The number of carbonyl (C=O) groups excluding carboxylic acids is 1. The molecule has 8 nitrogen and oxygen atoms in total. The van der Waals surface area contributed by atoms with E-state index in [1.807, 2.05) is 6.92 Å². The molecule has 8 heteroatoms. The van der Waals surface area contributed by atoms with Crippen LogP contribution in [0.5, 0.6) is 0 Å². The third-order valence-electron chi connectivity index (χ3n) is 2.42. The van der Waals surface area contributed by atoms with E-state index in [2.05, 4.69) is 30.8 Å². The van der Waals surface area contributed by atoms with Crippen LogP contribution < -0.4 is 16.4 Å². The lowest BCUT2D eigenvalue weighted by atomic mass is 10.3. The quantitative estimate of drug-likeness (QED) is 0.595. The topological polar surface area (TPSA) is 122 Å². The van der Waals surface area contributed by atoms with E-state index in [4.69, 9.17) is 5.73 Å². The van der Waals surface area contributed by atoms with Crippen LogP contribution in [0.15, 0.2) is 6.20 Å². The molecular formula is C10H15N7O. The monoisotopic (exact) mass is 249 g/mol. The van der Waals surface area contributed by atoms with Crippen molar-refractivity contribution in [2.24, 2.45) is 5.73 Å². The minimum atomic E-state index is -0.521. The Bertz CT molecular complexity index is 564. The van der Waals surface area contributed by atoms with E-state index in [-0.39, 0.29) is 0 Å². The molecule has 1 unspecified atom stereocenters. The zero-order valence-corrected chi connectivity index (χ0v) is 10.2. The first-order chi connectivity index (χ1) is 8.61. The number of H-pyrrole nitrogens is 1. The maximum Gasteiger partial charge on any atom is 0.239 e. The highest BCUT2D eigenvalue weighted by Crippen LogP contribution is 2.20. The molecule has 1 atom stereocenters. The highest BCUT2D eigenvalue weighted by Gasteiger charge is 2.14. The van der Waals surface area contributed by atoms with Gasteiger partial charge in [0.05, 0.1) is 11.6 Å². The number of hydrogen-bond donors (Lipinski definition) is 4. The molecule has 0 aliphatic carbocycles. The predicted molar refractivity (Wildman–Crippen MR) is 68.1 cm³/mol. The average Bonchev–Trinajstić information content (AvgIpc) is 2.77. The number of fused-ring (bicyclic) bond motifs is 1. The molecule has 0 aliphatic rings. The molecular weight excluding hydrogens is 234 g/mol. The summed E-state index contributed by atoms with van der Waals surface area (Å²) in [6, 6.07) is -0.521. The summed E-state index contributed by atoms with van der Waals surface area (Å²) in [5.74, 6) is 0.541. The fraction of sp³-hybridized carbons (Fsp3) is 0.400. The average molecular weight is 249 g/mol. The van der Waals surface area contributed by atoms with Crippen LogP contribution in [0.25, 0.3) is 11.0 Å². The number of hydrogen-bond acceptors (Lipinski definition) is 6. The number of primary amides is 1. The van der Waals surface area contributed by atoms with Gasteiger partial charge in [0, 0.05) is 6.54 Å². The van der Waals surface area contributed by atoms with Crippen molar-refractivity contribution in [3.8, 4) is 0 Å². The minimum Gasteiger partial charge on any atom is -0.368 e. The normalized spacial score (nSPS) is 12.3. The van der Waals surface area contributed by atoms with E-state index in [9.17, 15) is 4.79 Å². The van der Waals surface area contributed by atoms with Crippen LogP contribution in [0.3, 0.4) is 0 Å². The number of anilines is 2. The summed E-state index contributed by atoms with van der Waals surface area (Å²) >= 11 is 0. The highest BCUT2D eigenvalue weighted by molar-refractivity contribution is 5.90. The Morgan fingerprint density at radius 2 is 2.33 bits per heavy atom. The summed E-state index contributed by atoms with van der Waals surface area (Å²) < 4.78 is 0. The molecule has 0 saturated heterocycles. The van der Waals surface area contributed by atoms with Gasteiger partial charge in [-0.05, 0) is 13.8 Å². The molecule has 0 radical (unpaired) electrons. The Labute approximate surface area is 103 Å². The Hall–Kier alpha value is -2.38. The van der Waals surface area contributed by atoms with Crippen LogP contribution in [-0.2, 0) is 4.79 Å². The molecule has 0 bridgehead atoms. The summed E-state index contributed by atoms with van der Waals surface area (Å²) in [5, 5.41) is 13.3. The van der Waals surface area contributed by atoms with Gasteiger partial charge in [-0.15, -0.1) is 0 Å². The van der Waals surface area contributed by atoms with E-state index in [0.29, 0.717) is 29.3 Å². The van der Waals surface area contributed by atoms with Crippen molar-refractivity contribution >= 4 is 28.7 Å². The van der Waals surface area contributed by atoms with Gasteiger partial charge >= 0.3 is 0 Å². The third kappa shape index (κ3) is 2.31. The lowest BCUT2D eigenvalue weighted by Crippen LogP contribution is -2.32. The molecule has 0 spiro atoms. The summed E-state index contributed by atoms with van der Waals surface area (Å²) in [6.07, 6.45) is 1.60. The number of carbonyl (C=O) groups is 1. The molecule has 1 amide bonds. The molecule has 2 aromatic heterocycles. The van der Waals surface area contributed by atoms with Crippen molar-refractivity contribution in [3.05, 3.63) is 6.20 Å². The number of nitrogens with two attached hydrogens (primary N) is 1. The minimum absolute atomic E-state index is 0.449. The Morgan fingerprint density at radius 1 is 1.56 bits per heavy atom. The summed E-state index contributed by atoms with van der Waals surface area (Å²) in [7, 11) is 0. The van der Waals surface area contributed by atoms with Gasteiger partial charge in [-0.25, -0.2) is 0 Å². The van der Waals surface area contributed by atoms with Crippen LogP contribution >= 0.6 is 0 Å². The van der Waals surface area contributed by atoms with Gasteiger partial charge in [-0.3, -0.25) is 9.89 Å². The number of aromatic nitrogens is 4. The standard InChI is InChI=1S/C10H15N7O/c1-3-12-10-15-8(14-5(2)7(11)18)6-4-13-17-9(6)16-10/h4-5H,3H2,1-2H3,(H2,11,18)(H3,12,13,14,15,16,17). The van der Waals surface area contributed by atoms with Gasteiger partial charge in [-0.2, -0.15) is 15.1 Å². The number of rotatable bonds is 5. The first kappa shape index (κ1) is 12.1. The van der Waals surface area contributed by atoms with Gasteiger partial charge in [-0.1, -0.05) is 0 Å². The zero-order chi connectivity index (χ0) is 13.1. The second-order valence-corrected chi connectivity index (χ2v) is 3.83. The zero-order valence-electron chi connectivity index (χ0n) is 10.2. The molecule has 2 aromatic rings. The van der Waals surface area contributed by atoms with Gasteiger partial charge in [0.15, 0.2) is 5.65 Å². The lowest BCUT2D eigenvalue weighted by molar-refractivity contribution is -0.118. The fourth-order valence-corrected chi connectivity index (χ4v) is 1.46. The number of amides is 1. The van der Waals surface area contributed by atoms with Crippen molar-refractivity contribution in [3.63, 3.8) is 0 Å². The maximum absolute atomic E-state index is 11.1. The van der Waals surface area contributed by atoms with E-state index >= 15 is 0 Å². The first-order valence-corrected chi connectivity index (χ1v) is 5.62. The predicted octanol–water partition coefficient (Wildman–Crippen LogP) is 0.0704. The molecule has 2 heterocycles. The lowest BCUT2D eigenvalue weighted by Gasteiger charge is -2.12. The molecule has 0 fully saturated rings. The number of nitrogens with one attached hydrogen (secondary N) is 3. The number of aromatic amines is 1. The Balaban J connectivity index is 2.40. The van der Waals surface area contributed by atoms with E-state index in [0.717, 1.165) is 0 Å². The maximum atomic E-state index is 11.1. The third-order valence-corrected chi connectivity index (χ3v) is 2.42. The van der Waals surface area contributed by atoms with Crippen LogP contribution in [-0.4, -0.2) is 38.7 Å². The largest absolute Gasteiger partial charge is 0.368 e. The second kappa shape index (κ2) is 4.86. The van der Waals surface area contributed by atoms with Crippen molar-refractivity contribution in [2.45, 2.75) is 19.9 Å². The smallest absolute Gasteiger partial charge is 0.239 e. The van der Waals surface area contributed by atoms with Crippen LogP contribution in [0.4, 0.5) is 11.8 Å². The molecule has 96 valence electrons. The van der Waals surface area contributed by atoms with Gasteiger partial charge < -0.3 is 16.4 Å².